The summed E-state index contributed by atoms with van der Waals surface area (Å²) in [5.41, 5.74) is 2.31. The number of carbonyl (C=O) groups is 2. The number of carbonyl (C=O) groups excluding carboxylic acids is 2. The summed E-state index contributed by atoms with van der Waals surface area (Å²) < 4.78 is 5.59. The fraction of sp³-hybridized carbons (Fsp3) is 0.440. The van der Waals surface area contributed by atoms with E-state index in [4.69, 9.17) is 4.74 Å². The Morgan fingerprint density at radius 1 is 1.06 bits per heavy atom. The number of rotatable bonds is 9. The normalized spacial score (nSPS) is 14.8. The molecule has 1 saturated heterocycles. The number of anilines is 1. The maximum atomic E-state index is 12.9. The lowest BCUT2D eigenvalue weighted by molar-refractivity contribution is -0.121. The molecule has 0 saturated carbocycles. The Morgan fingerprint density at radius 3 is 2.58 bits per heavy atom. The summed E-state index contributed by atoms with van der Waals surface area (Å²) in [5, 5.41) is 5.87. The van der Waals surface area contributed by atoms with Crippen LogP contribution in [0.1, 0.15) is 49.0 Å². The summed E-state index contributed by atoms with van der Waals surface area (Å²) in [7, 11) is 0. The lowest BCUT2D eigenvalue weighted by atomic mass is 9.95. The molecule has 6 heteroatoms. The van der Waals surface area contributed by atoms with Crippen LogP contribution in [0.15, 0.2) is 48.5 Å². The first-order valence-corrected chi connectivity index (χ1v) is 11.2. The average Bonchev–Trinajstić information content (AvgIpc) is 2.79. The molecule has 1 heterocycles. The third kappa shape index (κ3) is 6.56. The molecule has 0 aromatic heterocycles. The van der Waals surface area contributed by atoms with Gasteiger partial charge < -0.3 is 15.4 Å². The molecule has 0 atom stereocenters. The van der Waals surface area contributed by atoms with Crippen LogP contribution in [0.4, 0.5) is 5.69 Å². The predicted octanol–water partition coefficient (Wildman–Crippen LogP) is 4.08. The summed E-state index contributed by atoms with van der Waals surface area (Å²) in [4.78, 5) is 27.6. The van der Waals surface area contributed by atoms with Crippen molar-refractivity contribution in [2.45, 2.75) is 39.7 Å². The van der Waals surface area contributed by atoms with E-state index < -0.39 is 0 Å². The molecular formula is C25H33N3O3. The molecule has 31 heavy (non-hydrogen) atoms. The number of ether oxygens (including phenoxy) is 1. The van der Waals surface area contributed by atoms with Crippen molar-refractivity contribution in [2.75, 3.05) is 31.6 Å². The highest BCUT2D eigenvalue weighted by Gasteiger charge is 2.26. The smallest absolute Gasteiger partial charge is 0.253 e. The van der Waals surface area contributed by atoms with Crippen LogP contribution in [-0.2, 0) is 11.3 Å². The number of nitrogens with one attached hydrogen (secondary N) is 2. The van der Waals surface area contributed by atoms with E-state index in [0.29, 0.717) is 24.4 Å². The van der Waals surface area contributed by atoms with Crippen molar-refractivity contribution in [3.8, 4) is 5.75 Å². The Bertz CT molecular complexity index is 876. The number of amides is 2. The Labute approximate surface area is 185 Å². The van der Waals surface area contributed by atoms with Gasteiger partial charge in [-0.05, 0) is 69.1 Å². The fourth-order valence-corrected chi connectivity index (χ4v) is 3.87. The van der Waals surface area contributed by atoms with Crippen LogP contribution < -0.4 is 15.4 Å². The molecule has 1 aliphatic rings. The van der Waals surface area contributed by atoms with Crippen LogP contribution in [0.2, 0.25) is 0 Å². The predicted molar refractivity (Wildman–Crippen MR) is 123 cm³/mol. The standard InChI is InChI=1S/C25H33N3O3/c1-3-14-26-25(30)22-10-5-6-11-23(22)27-24(29)20-12-15-28(16-13-20)18-19-8-7-9-21(17-19)31-4-2/h5-11,17,20H,3-4,12-16,18H2,1-2H3,(H,26,30)(H,27,29). The summed E-state index contributed by atoms with van der Waals surface area (Å²) in [5.74, 6) is 0.698. The van der Waals surface area contributed by atoms with Crippen LogP contribution in [0, 0.1) is 5.92 Å². The third-order valence-electron chi connectivity index (χ3n) is 5.54. The first-order valence-electron chi connectivity index (χ1n) is 11.2. The van der Waals surface area contributed by atoms with Crippen LogP contribution in [0.5, 0.6) is 5.75 Å². The molecule has 2 aromatic carbocycles. The van der Waals surface area contributed by atoms with E-state index in [1.807, 2.05) is 38.1 Å². The second kappa shape index (κ2) is 11.5. The highest BCUT2D eigenvalue weighted by Crippen LogP contribution is 2.23. The molecule has 3 rings (SSSR count). The molecule has 2 aromatic rings. The number of piperidine rings is 1. The molecule has 2 N–H and O–H groups in total. The first kappa shape index (κ1) is 22.8. The molecule has 1 aliphatic heterocycles. The van der Waals surface area contributed by atoms with Gasteiger partial charge in [-0.2, -0.15) is 0 Å². The first-order chi connectivity index (χ1) is 15.1. The van der Waals surface area contributed by atoms with Crippen molar-refractivity contribution in [1.29, 1.82) is 0 Å². The molecule has 0 unspecified atom stereocenters. The summed E-state index contributed by atoms with van der Waals surface area (Å²) >= 11 is 0. The van der Waals surface area contributed by atoms with E-state index in [1.165, 1.54) is 5.56 Å². The number of para-hydroxylation sites is 1. The third-order valence-corrected chi connectivity index (χ3v) is 5.54. The van der Waals surface area contributed by atoms with E-state index in [-0.39, 0.29) is 17.7 Å². The number of hydrogen-bond donors (Lipinski definition) is 2. The zero-order chi connectivity index (χ0) is 22.1. The summed E-state index contributed by atoms with van der Waals surface area (Å²) in [6.45, 7) is 7.87. The fourth-order valence-electron chi connectivity index (χ4n) is 3.87. The molecule has 2 amide bonds. The minimum Gasteiger partial charge on any atom is -0.494 e. The summed E-state index contributed by atoms with van der Waals surface area (Å²) in [6, 6.07) is 15.4. The van der Waals surface area contributed by atoms with Gasteiger partial charge >= 0.3 is 0 Å². The largest absolute Gasteiger partial charge is 0.494 e. The molecular weight excluding hydrogens is 390 g/mol. The van der Waals surface area contributed by atoms with E-state index >= 15 is 0 Å². The zero-order valence-electron chi connectivity index (χ0n) is 18.5. The van der Waals surface area contributed by atoms with Crippen LogP contribution in [0.3, 0.4) is 0 Å². The van der Waals surface area contributed by atoms with Crippen molar-refractivity contribution in [3.05, 3.63) is 59.7 Å². The quantitative estimate of drug-likeness (QED) is 0.638. The highest BCUT2D eigenvalue weighted by atomic mass is 16.5. The highest BCUT2D eigenvalue weighted by molar-refractivity contribution is 6.04. The number of likely N-dealkylation sites (tertiary alicyclic amines) is 1. The van der Waals surface area contributed by atoms with Crippen molar-refractivity contribution in [3.63, 3.8) is 0 Å². The lowest BCUT2D eigenvalue weighted by Crippen LogP contribution is -2.38. The molecule has 6 nitrogen and oxygen atoms in total. The van der Waals surface area contributed by atoms with E-state index in [0.717, 1.165) is 44.6 Å². The maximum absolute atomic E-state index is 12.9. The Kier molecular flexibility index (Phi) is 8.47. The van der Waals surface area contributed by atoms with Gasteiger partial charge in [0.05, 0.1) is 17.9 Å². The Hall–Kier alpha value is -2.86. The van der Waals surface area contributed by atoms with Gasteiger partial charge in [0.2, 0.25) is 5.91 Å². The Morgan fingerprint density at radius 2 is 1.84 bits per heavy atom. The van der Waals surface area contributed by atoms with Crippen LogP contribution in [0.25, 0.3) is 0 Å². The molecule has 166 valence electrons. The van der Waals surface area contributed by atoms with E-state index in [2.05, 4.69) is 27.7 Å². The van der Waals surface area contributed by atoms with E-state index in [9.17, 15) is 9.59 Å². The van der Waals surface area contributed by atoms with Gasteiger partial charge in [0.15, 0.2) is 0 Å². The van der Waals surface area contributed by atoms with Gasteiger partial charge in [-0.1, -0.05) is 31.2 Å². The van der Waals surface area contributed by atoms with Crippen molar-refractivity contribution < 1.29 is 14.3 Å². The monoisotopic (exact) mass is 423 g/mol. The van der Waals surface area contributed by atoms with Gasteiger partial charge in [0.25, 0.3) is 5.91 Å². The zero-order valence-corrected chi connectivity index (χ0v) is 18.5. The minimum absolute atomic E-state index is 0.00580. The van der Waals surface area contributed by atoms with Crippen LogP contribution in [-0.4, -0.2) is 43.0 Å². The van der Waals surface area contributed by atoms with E-state index in [1.54, 1.807) is 12.1 Å². The van der Waals surface area contributed by atoms with Crippen molar-refractivity contribution in [2.24, 2.45) is 5.92 Å². The second-order valence-electron chi connectivity index (χ2n) is 7.92. The Balaban J connectivity index is 1.53. The van der Waals surface area contributed by atoms with Gasteiger partial charge in [-0.15, -0.1) is 0 Å². The van der Waals surface area contributed by atoms with Crippen molar-refractivity contribution >= 4 is 17.5 Å². The molecule has 1 fully saturated rings. The second-order valence-corrected chi connectivity index (χ2v) is 7.92. The molecule has 0 aliphatic carbocycles. The minimum atomic E-state index is -0.151. The topological polar surface area (TPSA) is 70.7 Å². The summed E-state index contributed by atoms with van der Waals surface area (Å²) in [6.07, 6.45) is 2.48. The molecule has 0 spiro atoms. The number of hydrogen-bond acceptors (Lipinski definition) is 4. The maximum Gasteiger partial charge on any atom is 0.253 e. The lowest BCUT2D eigenvalue weighted by Gasteiger charge is -2.31. The molecule has 0 radical (unpaired) electrons. The van der Waals surface area contributed by atoms with Gasteiger partial charge in [0.1, 0.15) is 5.75 Å². The van der Waals surface area contributed by atoms with Gasteiger partial charge in [-0.25, -0.2) is 0 Å². The van der Waals surface area contributed by atoms with Crippen LogP contribution >= 0.6 is 0 Å². The van der Waals surface area contributed by atoms with Gasteiger partial charge in [0, 0.05) is 19.0 Å². The number of benzene rings is 2. The van der Waals surface area contributed by atoms with Gasteiger partial charge in [-0.3, -0.25) is 14.5 Å². The SMILES string of the molecule is CCCNC(=O)c1ccccc1NC(=O)C1CCN(Cc2cccc(OCC)c2)CC1. The average molecular weight is 424 g/mol. The number of nitrogens with zero attached hydrogens (tertiary/aromatic N) is 1. The molecule has 0 bridgehead atoms. The van der Waals surface area contributed by atoms with Crippen molar-refractivity contribution in [1.82, 2.24) is 10.2 Å².